The summed E-state index contributed by atoms with van der Waals surface area (Å²) in [6.45, 7) is 0. The third-order valence-electron chi connectivity index (χ3n) is 3.43. The monoisotopic (exact) mass is 411 g/mol. The highest BCUT2D eigenvalue weighted by molar-refractivity contribution is 14.1. The minimum Gasteiger partial charge on any atom is -0.493 e. The molecule has 1 heterocycles. The lowest BCUT2D eigenvalue weighted by atomic mass is 10.1. The van der Waals surface area contributed by atoms with Crippen LogP contribution in [0.4, 0.5) is 5.69 Å². The molecule has 0 radical (unpaired) electrons. The molecular formula is C16H14INO4. The van der Waals surface area contributed by atoms with E-state index in [1.54, 1.807) is 6.07 Å². The van der Waals surface area contributed by atoms with Gasteiger partial charge in [0.2, 0.25) is 6.23 Å². The number of halogens is 1. The number of nitrogens with one attached hydrogen (secondary N) is 1. The Hall–Kier alpha value is -1.96. The lowest BCUT2D eigenvalue weighted by molar-refractivity contribution is 0.0435. The van der Waals surface area contributed by atoms with Gasteiger partial charge in [-0.1, -0.05) is 0 Å². The van der Waals surface area contributed by atoms with Crippen LogP contribution in [0.15, 0.2) is 36.4 Å². The zero-order valence-corrected chi connectivity index (χ0v) is 14.2. The van der Waals surface area contributed by atoms with Gasteiger partial charge in [0.25, 0.3) is 0 Å². The molecule has 1 N–H and O–H groups in total. The molecule has 0 spiro atoms. The van der Waals surface area contributed by atoms with Gasteiger partial charge in [-0.25, -0.2) is 4.79 Å². The molecule has 6 heteroatoms. The van der Waals surface area contributed by atoms with Gasteiger partial charge >= 0.3 is 5.97 Å². The predicted octanol–water partition coefficient (Wildman–Crippen LogP) is 3.59. The molecular weight excluding hydrogens is 397 g/mol. The summed E-state index contributed by atoms with van der Waals surface area (Å²) in [7, 11) is 3.04. The number of cyclic esters (lactones) is 1. The van der Waals surface area contributed by atoms with Crippen LogP contribution in [0.25, 0.3) is 0 Å². The lowest BCUT2D eigenvalue weighted by Crippen LogP contribution is -2.10. The van der Waals surface area contributed by atoms with Gasteiger partial charge in [0, 0.05) is 14.8 Å². The minimum absolute atomic E-state index is 0.400. The van der Waals surface area contributed by atoms with Crippen molar-refractivity contribution < 1.29 is 19.0 Å². The molecule has 5 nitrogen and oxygen atoms in total. The molecule has 2 aromatic rings. The Kier molecular flexibility index (Phi) is 4.10. The van der Waals surface area contributed by atoms with Gasteiger partial charge in [-0.2, -0.15) is 0 Å². The summed E-state index contributed by atoms with van der Waals surface area (Å²) in [6.07, 6.45) is -0.539. The summed E-state index contributed by atoms with van der Waals surface area (Å²) in [5, 5.41) is 3.20. The zero-order valence-electron chi connectivity index (χ0n) is 12.1. The molecule has 1 aliphatic rings. The highest BCUT2D eigenvalue weighted by atomic mass is 127. The Labute approximate surface area is 141 Å². The summed E-state index contributed by atoms with van der Waals surface area (Å²) in [5.74, 6) is 0.485. The second-order valence-corrected chi connectivity index (χ2v) is 5.95. The number of rotatable bonds is 4. The highest BCUT2D eigenvalue weighted by Crippen LogP contribution is 2.41. The molecule has 0 saturated heterocycles. The van der Waals surface area contributed by atoms with Gasteiger partial charge in [-0.05, 0) is 59.0 Å². The van der Waals surface area contributed by atoms with E-state index >= 15 is 0 Å². The largest absolute Gasteiger partial charge is 0.493 e. The van der Waals surface area contributed by atoms with Gasteiger partial charge in [0.1, 0.15) is 5.56 Å². The number of methoxy groups -OCH3 is 2. The normalized spacial score (nSPS) is 16.0. The van der Waals surface area contributed by atoms with Crippen LogP contribution >= 0.6 is 22.6 Å². The summed E-state index contributed by atoms with van der Waals surface area (Å²) >= 11 is 2.24. The molecule has 114 valence electrons. The van der Waals surface area contributed by atoms with Crippen molar-refractivity contribution in [2.24, 2.45) is 0 Å². The first-order valence-corrected chi connectivity index (χ1v) is 7.70. The number of esters is 1. The summed E-state index contributed by atoms with van der Waals surface area (Å²) in [5.41, 5.74) is 2.02. The van der Waals surface area contributed by atoms with Crippen LogP contribution in [0.3, 0.4) is 0 Å². The molecule has 22 heavy (non-hydrogen) atoms. The second kappa shape index (κ2) is 6.04. The van der Waals surface area contributed by atoms with Crippen molar-refractivity contribution in [1.82, 2.24) is 0 Å². The maximum absolute atomic E-state index is 12.2. The van der Waals surface area contributed by atoms with Crippen molar-refractivity contribution in [1.29, 1.82) is 0 Å². The van der Waals surface area contributed by atoms with E-state index in [0.29, 0.717) is 17.1 Å². The van der Waals surface area contributed by atoms with E-state index in [-0.39, 0.29) is 0 Å². The molecule has 0 fully saturated rings. The topological polar surface area (TPSA) is 56.8 Å². The van der Waals surface area contributed by atoms with E-state index in [1.165, 1.54) is 14.2 Å². The fourth-order valence-electron chi connectivity index (χ4n) is 2.41. The van der Waals surface area contributed by atoms with Crippen LogP contribution in [0.1, 0.15) is 22.1 Å². The Bertz CT molecular complexity index is 715. The number of fused-ring (bicyclic) bond motifs is 1. The van der Waals surface area contributed by atoms with E-state index in [9.17, 15) is 4.79 Å². The Morgan fingerprint density at radius 2 is 1.82 bits per heavy atom. The van der Waals surface area contributed by atoms with Gasteiger partial charge in [-0.15, -0.1) is 0 Å². The average molecular weight is 411 g/mol. The van der Waals surface area contributed by atoms with Gasteiger partial charge in [0.05, 0.1) is 14.2 Å². The molecule has 3 rings (SSSR count). The van der Waals surface area contributed by atoms with E-state index in [1.807, 2.05) is 30.3 Å². The predicted molar refractivity (Wildman–Crippen MR) is 90.5 cm³/mol. The number of hydrogen-bond acceptors (Lipinski definition) is 5. The van der Waals surface area contributed by atoms with Crippen LogP contribution in [-0.2, 0) is 4.74 Å². The van der Waals surface area contributed by atoms with Crippen molar-refractivity contribution in [3.8, 4) is 11.5 Å². The van der Waals surface area contributed by atoms with Gasteiger partial charge < -0.3 is 19.5 Å². The molecule has 0 amide bonds. The SMILES string of the molecule is COc1ccc2c(c1OC)C(=O)O[C@H]2Nc1ccc(I)cc1. The fraction of sp³-hybridized carbons (Fsp3) is 0.188. The first kappa shape index (κ1) is 15.0. The minimum atomic E-state index is -0.539. The molecule has 1 aliphatic heterocycles. The average Bonchev–Trinajstić information content (AvgIpc) is 2.85. The third-order valence-corrected chi connectivity index (χ3v) is 4.15. The molecule has 0 aliphatic carbocycles. The third kappa shape index (κ3) is 2.58. The van der Waals surface area contributed by atoms with E-state index in [0.717, 1.165) is 14.8 Å². The zero-order chi connectivity index (χ0) is 15.7. The number of anilines is 1. The van der Waals surface area contributed by atoms with Crippen molar-refractivity contribution >= 4 is 34.2 Å². The molecule has 0 aromatic heterocycles. The number of benzene rings is 2. The van der Waals surface area contributed by atoms with Crippen LogP contribution in [0.2, 0.25) is 0 Å². The molecule has 0 bridgehead atoms. The maximum atomic E-state index is 12.2. The Balaban J connectivity index is 1.96. The number of carbonyl (C=O) groups excluding carboxylic acids is 1. The Morgan fingerprint density at radius 3 is 2.45 bits per heavy atom. The molecule has 1 atom stereocenters. The molecule has 0 saturated carbocycles. The standard InChI is InChI=1S/C16H14INO4/c1-20-12-8-7-11-13(14(12)21-2)16(19)22-15(11)18-10-5-3-9(17)4-6-10/h3-8,15,18H,1-2H3/t15-/m1/s1. The second-order valence-electron chi connectivity index (χ2n) is 4.70. The van der Waals surface area contributed by atoms with Crippen molar-refractivity contribution in [3.63, 3.8) is 0 Å². The smallest absolute Gasteiger partial charge is 0.344 e. The van der Waals surface area contributed by atoms with Crippen LogP contribution in [0, 0.1) is 3.57 Å². The quantitative estimate of drug-likeness (QED) is 0.616. The summed E-state index contributed by atoms with van der Waals surface area (Å²) in [6, 6.07) is 11.4. The molecule has 0 unspecified atom stereocenters. The van der Waals surface area contributed by atoms with E-state index in [4.69, 9.17) is 14.2 Å². The van der Waals surface area contributed by atoms with Gasteiger partial charge in [-0.3, -0.25) is 0 Å². The van der Waals surface area contributed by atoms with Crippen LogP contribution in [-0.4, -0.2) is 20.2 Å². The fourth-order valence-corrected chi connectivity index (χ4v) is 2.76. The van der Waals surface area contributed by atoms with Crippen LogP contribution in [0.5, 0.6) is 11.5 Å². The number of carbonyl (C=O) groups is 1. The summed E-state index contributed by atoms with van der Waals surface area (Å²) in [4.78, 5) is 12.2. The van der Waals surface area contributed by atoms with E-state index in [2.05, 4.69) is 27.9 Å². The summed E-state index contributed by atoms with van der Waals surface area (Å²) < 4.78 is 17.1. The van der Waals surface area contributed by atoms with Crippen molar-refractivity contribution in [2.45, 2.75) is 6.23 Å². The number of hydrogen-bond donors (Lipinski definition) is 1. The van der Waals surface area contributed by atoms with Crippen molar-refractivity contribution in [2.75, 3.05) is 19.5 Å². The van der Waals surface area contributed by atoms with E-state index < -0.39 is 12.2 Å². The number of ether oxygens (including phenoxy) is 3. The van der Waals surface area contributed by atoms with Crippen LogP contribution < -0.4 is 14.8 Å². The lowest BCUT2D eigenvalue weighted by Gasteiger charge is -2.15. The maximum Gasteiger partial charge on any atom is 0.344 e. The highest BCUT2D eigenvalue weighted by Gasteiger charge is 2.35. The van der Waals surface area contributed by atoms with Gasteiger partial charge in [0.15, 0.2) is 11.5 Å². The first-order valence-electron chi connectivity index (χ1n) is 6.62. The first-order chi connectivity index (χ1) is 10.6. The molecule has 2 aromatic carbocycles. The van der Waals surface area contributed by atoms with Crippen molar-refractivity contribution in [3.05, 3.63) is 51.1 Å². The Morgan fingerprint density at radius 1 is 1.09 bits per heavy atom.